The number of fused-ring (bicyclic) bond motifs is 5. The topological polar surface area (TPSA) is 52.6 Å². The van der Waals surface area contributed by atoms with Gasteiger partial charge in [-0.05, 0) is 85.4 Å². The molecular weight excluding hydrogens is 416 g/mol. The summed E-state index contributed by atoms with van der Waals surface area (Å²) in [6.45, 7) is 17.9. The van der Waals surface area contributed by atoms with Crippen LogP contribution in [-0.2, 0) is 18.8 Å². The van der Waals surface area contributed by atoms with Crippen molar-refractivity contribution in [2.24, 2.45) is 28.6 Å². The maximum absolute atomic E-state index is 13.6. The zero-order chi connectivity index (χ0) is 23.7. The van der Waals surface area contributed by atoms with Crippen LogP contribution in [0.15, 0.2) is 11.6 Å². The van der Waals surface area contributed by atoms with Crippen LogP contribution >= 0.6 is 0 Å². The third-order valence-electron chi connectivity index (χ3n) is 10.4. The molecule has 4 aliphatic rings. The SMILES string of the molecule is CC(=O)OC1CC[C@@]2(C)C(=CC(=O)[C@@H]3[C@H]2CC[C@]2(C)C(O[Si](C)(C)C(C)(C)C)CC[C@@H]32)C1. The molecule has 4 nitrogen and oxygen atoms in total. The lowest BCUT2D eigenvalue weighted by molar-refractivity contribution is -0.149. The van der Waals surface area contributed by atoms with E-state index in [2.05, 4.69) is 47.7 Å². The van der Waals surface area contributed by atoms with Crippen molar-refractivity contribution in [3.05, 3.63) is 11.6 Å². The van der Waals surface area contributed by atoms with Crippen molar-refractivity contribution in [3.8, 4) is 0 Å². The number of hydrogen-bond acceptors (Lipinski definition) is 4. The molecule has 0 N–H and O–H groups in total. The number of esters is 1. The van der Waals surface area contributed by atoms with E-state index in [-0.39, 0.29) is 40.0 Å². The highest BCUT2D eigenvalue weighted by molar-refractivity contribution is 6.74. The van der Waals surface area contributed by atoms with E-state index in [1.54, 1.807) is 0 Å². The Morgan fingerprint density at radius 3 is 2.38 bits per heavy atom. The molecule has 0 radical (unpaired) electrons. The number of allylic oxidation sites excluding steroid dienone is 1. The number of ether oxygens (including phenoxy) is 1. The second-order valence-corrected chi connectivity index (χ2v) is 17.9. The summed E-state index contributed by atoms with van der Waals surface area (Å²) in [6.07, 6.45) is 9.27. The third-order valence-corrected chi connectivity index (χ3v) is 14.9. The van der Waals surface area contributed by atoms with Gasteiger partial charge in [-0.25, -0.2) is 0 Å². The minimum Gasteiger partial charge on any atom is -0.462 e. The van der Waals surface area contributed by atoms with Gasteiger partial charge in [-0.15, -0.1) is 0 Å². The first-order chi connectivity index (χ1) is 14.7. The average molecular weight is 461 g/mol. The van der Waals surface area contributed by atoms with Crippen molar-refractivity contribution in [1.82, 2.24) is 0 Å². The Bertz CT molecular complexity index is 824. The normalized spacial score (nSPS) is 41.9. The first-order valence-electron chi connectivity index (χ1n) is 12.8. The molecule has 180 valence electrons. The van der Waals surface area contributed by atoms with Crippen LogP contribution in [0.1, 0.15) is 86.5 Å². The summed E-state index contributed by atoms with van der Waals surface area (Å²) in [5.74, 6) is 1.07. The van der Waals surface area contributed by atoms with Crippen LogP contribution < -0.4 is 0 Å². The van der Waals surface area contributed by atoms with Gasteiger partial charge in [-0.3, -0.25) is 9.59 Å². The number of carbonyl (C=O) groups is 2. The van der Waals surface area contributed by atoms with Gasteiger partial charge in [0, 0.05) is 19.3 Å². The van der Waals surface area contributed by atoms with Crippen LogP contribution in [0.3, 0.4) is 0 Å². The summed E-state index contributed by atoms with van der Waals surface area (Å²) < 4.78 is 12.5. The fourth-order valence-corrected chi connectivity index (χ4v) is 8.83. The van der Waals surface area contributed by atoms with E-state index in [1.807, 2.05) is 6.08 Å². The van der Waals surface area contributed by atoms with E-state index >= 15 is 0 Å². The molecule has 0 amide bonds. The van der Waals surface area contributed by atoms with E-state index in [1.165, 1.54) is 12.5 Å². The third kappa shape index (κ3) is 3.75. The van der Waals surface area contributed by atoms with Gasteiger partial charge in [0.05, 0.1) is 6.10 Å². The zero-order valence-corrected chi connectivity index (χ0v) is 22.5. The smallest absolute Gasteiger partial charge is 0.302 e. The van der Waals surface area contributed by atoms with Gasteiger partial charge in [-0.1, -0.05) is 40.2 Å². The van der Waals surface area contributed by atoms with Gasteiger partial charge >= 0.3 is 5.97 Å². The fraction of sp³-hybridized carbons (Fsp3) is 0.852. The Morgan fingerprint density at radius 1 is 1.06 bits per heavy atom. The molecule has 0 aromatic rings. The van der Waals surface area contributed by atoms with Crippen molar-refractivity contribution >= 4 is 20.1 Å². The van der Waals surface area contributed by atoms with Crippen LogP contribution in [-0.4, -0.2) is 32.3 Å². The van der Waals surface area contributed by atoms with Gasteiger partial charge in [0.15, 0.2) is 14.1 Å². The Morgan fingerprint density at radius 2 is 1.75 bits per heavy atom. The van der Waals surface area contributed by atoms with Crippen LogP contribution in [0.25, 0.3) is 0 Å². The quantitative estimate of drug-likeness (QED) is 0.359. The molecule has 0 aromatic carbocycles. The summed E-state index contributed by atoms with van der Waals surface area (Å²) in [7, 11) is -1.86. The highest BCUT2D eigenvalue weighted by Crippen LogP contribution is 2.65. The second kappa shape index (κ2) is 7.80. The molecule has 32 heavy (non-hydrogen) atoms. The van der Waals surface area contributed by atoms with Crippen LogP contribution in [0, 0.1) is 28.6 Å². The fourth-order valence-electron chi connectivity index (χ4n) is 7.38. The van der Waals surface area contributed by atoms with Crippen molar-refractivity contribution in [2.45, 2.75) is 117 Å². The monoisotopic (exact) mass is 460 g/mol. The molecule has 4 rings (SSSR count). The predicted octanol–water partition coefficient (Wildman–Crippen LogP) is 6.45. The van der Waals surface area contributed by atoms with Crippen LogP contribution in [0.2, 0.25) is 18.1 Å². The molecule has 0 heterocycles. The van der Waals surface area contributed by atoms with Gasteiger partial charge in [0.25, 0.3) is 0 Å². The van der Waals surface area contributed by atoms with Crippen molar-refractivity contribution in [2.75, 3.05) is 0 Å². The highest BCUT2D eigenvalue weighted by Gasteiger charge is 2.62. The molecular formula is C27H44O4Si. The zero-order valence-electron chi connectivity index (χ0n) is 21.5. The van der Waals surface area contributed by atoms with E-state index in [0.717, 1.165) is 44.9 Å². The summed E-state index contributed by atoms with van der Waals surface area (Å²) in [5.41, 5.74) is 1.40. The van der Waals surface area contributed by atoms with Crippen LogP contribution in [0.5, 0.6) is 0 Å². The molecule has 5 heteroatoms. The first-order valence-corrected chi connectivity index (χ1v) is 15.7. The largest absolute Gasteiger partial charge is 0.462 e. The molecule has 3 fully saturated rings. The molecule has 0 spiro atoms. The average Bonchev–Trinajstić information content (AvgIpc) is 2.97. The Kier molecular flexibility index (Phi) is 5.89. The number of ketones is 1. The van der Waals surface area contributed by atoms with E-state index in [4.69, 9.17) is 9.16 Å². The lowest BCUT2D eigenvalue weighted by Crippen LogP contribution is -2.55. The summed E-state index contributed by atoms with van der Waals surface area (Å²) in [6, 6.07) is 0. The predicted molar refractivity (Wildman–Crippen MR) is 130 cm³/mol. The summed E-state index contributed by atoms with van der Waals surface area (Å²) >= 11 is 0. The maximum Gasteiger partial charge on any atom is 0.302 e. The van der Waals surface area contributed by atoms with Gasteiger partial charge in [0.1, 0.15) is 6.10 Å². The molecule has 7 atom stereocenters. The van der Waals surface area contributed by atoms with Crippen molar-refractivity contribution in [3.63, 3.8) is 0 Å². The van der Waals surface area contributed by atoms with E-state index in [9.17, 15) is 9.59 Å². The molecule has 3 saturated carbocycles. The summed E-state index contributed by atoms with van der Waals surface area (Å²) in [5, 5.41) is 0.199. The minimum atomic E-state index is -1.86. The lowest BCUT2D eigenvalue weighted by Gasteiger charge is -2.57. The van der Waals surface area contributed by atoms with E-state index in [0.29, 0.717) is 17.6 Å². The number of hydrogen-bond donors (Lipinski definition) is 0. The second-order valence-electron chi connectivity index (χ2n) is 13.2. The molecule has 0 saturated heterocycles. The Hall–Kier alpha value is -0.943. The van der Waals surface area contributed by atoms with Gasteiger partial charge in [-0.2, -0.15) is 0 Å². The van der Waals surface area contributed by atoms with E-state index < -0.39 is 8.32 Å². The number of rotatable bonds is 3. The molecule has 4 aliphatic carbocycles. The molecule has 0 bridgehead atoms. The Balaban J connectivity index is 1.59. The van der Waals surface area contributed by atoms with Crippen molar-refractivity contribution in [1.29, 1.82) is 0 Å². The molecule has 0 aromatic heterocycles. The number of carbonyl (C=O) groups excluding carboxylic acids is 2. The molecule has 0 aliphatic heterocycles. The standard InChI is InChI=1S/C27H44O4Si/c1-17(28)30-19-11-13-26(5)18(15-19)16-22(29)24-20-9-10-23(27(20,6)14-12-21(24)26)31-32(7,8)25(2,3)4/h16,19-21,23-24H,9-15H2,1-8H3/t19?,20-,21+,23?,24-,26-,27-/m0/s1. The van der Waals surface area contributed by atoms with Crippen molar-refractivity contribution < 1.29 is 18.8 Å². The lowest BCUT2D eigenvalue weighted by atomic mass is 9.47. The maximum atomic E-state index is 13.6. The Labute approximate surface area is 196 Å². The molecule has 2 unspecified atom stereocenters. The minimum absolute atomic E-state index is 0.0644. The summed E-state index contributed by atoms with van der Waals surface area (Å²) in [4.78, 5) is 25.1. The first kappa shape index (κ1) is 24.2. The van der Waals surface area contributed by atoms with Gasteiger partial charge in [0.2, 0.25) is 0 Å². The van der Waals surface area contributed by atoms with Gasteiger partial charge < -0.3 is 9.16 Å². The highest BCUT2D eigenvalue weighted by atomic mass is 28.4. The van der Waals surface area contributed by atoms with Crippen LogP contribution in [0.4, 0.5) is 0 Å².